The van der Waals surface area contributed by atoms with E-state index in [-0.39, 0.29) is 10.6 Å². The van der Waals surface area contributed by atoms with Gasteiger partial charge in [0.25, 0.3) is 0 Å². The Morgan fingerprint density at radius 2 is 1.61 bits per heavy atom. The Balaban J connectivity index is 2.48. The van der Waals surface area contributed by atoms with Gasteiger partial charge in [-0.05, 0) is 23.8 Å². The van der Waals surface area contributed by atoms with Gasteiger partial charge in [-0.1, -0.05) is 53.0 Å². The standard InChI is InChI=1S/C13H7Cl4F/c14-7-4-5-8(11(16)6-7)12(17)9-2-1-3-10(15)13(9)18/h1-6,12H. The molecule has 0 spiro atoms. The second-order valence-corrected chi connectivity index (χ2v) is 5.36. The van der Waals surface area contributed by atoms with Gasteiger partial charge in [0.1, 0.15) is 5.82 Å². The molecule has 0 bridgehead atoms. The fourth-order valence-corrected chi connectivity index (χ4v) is 2.70. The van der Waals surface area contributed by atoms with Gasteiger partial charge in [-0.2, -0.15) is 0 Å². The molecule has 2 aromatic carbocycles. The van der Waals surface area contributed by atoms with E-state index in [9.17, 15) is 4.39 Å². The molecule has 0 saturated carbocycles. The monoisotopic (exact) mass is 322 g/mol. The lowest BCUT2D eigenvalue weighted by atomic mass is 10.0. The third-order valence-corrected chi connectivity index (χ3v) is 3.81. The van der Waals surface area contributed by atoms with Crippen molar-refractivity contribution < 1.29 is 4.39 Å². The summed E-state index contributed by atoms with van der Waals surface area (Å²) in [7, 11) is 0. The Bertz CT molecular complexity index is 583. The van der Waals surface area contributed by atoms with Crippen molar-refractivity contribution in [3.05, 3.63) is 68.4 Å². The van der Waals surface area contributed by atoms with Gasteiger partial charge in [-0.15, -0.1) is 11.6 Å². The molecule has 0 N–H and O–H groups in total. The summed E-state index contributed by atoms with van der Waals surface area (Å²) in [6.45, 7) is 0. The predicted octanol–water partition coefficient (Wildman–Crippen LogP) is 6.11. The summed E-state index contributed by atoms with van der Waals surface area (Å²) in [4.78, 5) is 0. The number of rotatable bonds is 2. The van der Waals surface area contributed by atoms with Crippen LogP contribution >= 0.6 is 46.4 Å². The Hall–Kier alpha value is -0.470. The van der Waals surface area contributed by atoms with Crippen molar-refractivity contribution in [2.24, 2.45) is 0 Å². The molecule has 0 saturated heterocycles. The van der Waals surface area contributed by atoms with Crippen molar-refractivity contribution in [3.8, 4) is 0 Å². The van der Waals surface area contributed by atoms with Crippen LogP contribution in [0.2, 0.25) is 15.1 Å². The molecule has 18 heavy (non-hydrogen) atoms. The summed E-state index contributed by atoms with van der Waals surface area (Å²) in [5.41, 5.74) is 0.872. The zero-order valence-electron chi connectivity index (χ0n) is 8.93. The molecule has 0 heterocycles. The maximum Gasteiger partial charge on any atom is 0.146 e. The van der Waals surface area contributed by atoms with E-state index < -0.39 is 11.2 Å². The Labute approximate surface area is 124 Å². The van der Waals surface area contributed by atoms with Crippen molar-refractivity contribution in [3.63, 3.8) is 0 Å². The minimum Gasteiger partial charge on any atom is -0.205 e. The third-order valence-electron chi connectivity index (χ3n) is 2.49. The normalized spacial score (nSPS) is 12.5. The summed E-state index contributed by atoms with van der Waals surface area (Å²) in [5, 5.41) is 0.206. The molecular formula is C13H7Cl4F. The molecule has 1 atom stereocenters. The number of benzene rings is 2. The van der Waals surface area contributed by atoms with E-state index in [2.05, 4.69) is 0 Å². The first-order chi connectivity index (χ1) is 8.50. The van der Waals surface area contributed by atoms with Crippen LogP contribution in [0.4, 0.5) is 4.39 Å². The highest BCUT2D eigenvalue weighted by Crippen LogP contribution is 2.37. The van der Waals surface area contributed by atoms with E-state index in [1.54, 1.807) is 30.3 Å². The lowest BCUT2D eigenvalue weighted by molar-refractivity contribution is 0.613. The molecule has 2 rings (SSSR count). The van der Waals surface area contributed by atoms with E-state index in [1.165, 1.54) is 6.07 Å². The van der Waals surface area contributed by atoms with E-state index in [0.717, 1.165) is 0 Å². The molecule has 0 radical (unpaired) electrons. The smallest absolute Gasteiger partial charge is 0.146 e. The van der Waals surface area contributed by atoms with Crippen LogP contribution in [0.15, 0.2) is 36.4 Å². The Kier molecular flexibility index (Phi) is 4.39. The Morgan fingerprint density at radius 1 is 0.889 bits per heavy atom. The zero-order valence-corrected chi connectivity index (χ0v) is 12.0. The van der Waals surface area contributed by atoms with Crippen LogP contribution in [0.5, 0.6) is 0 Å². The quantitative estimate of drug-likeness (QED) is 0.584. The maximum atomic E-state index is 13.9. The van der Waals surface area contributed by atoms with Crippen LogP contribution < -0.4 is 0 Å². The van der Waals surface area contributed by atoms with Crippen LogP contribution in [0.1, 0.15) is 16.5 Å². The molecule has 2 aromatic rings. The first kappa shape index (κ1) is 14.0. The van der Waals surface area contributed by atoms with Gasteiger partial charge in [-0.3, -0.25) is 0 Å². The second-order valence-electron chi connectivity index (χ2n) is 3.67. The van der Waals surface area contributed by atoms with Gasteiger partial charge in [0, 0.05) is 15.6 Å². The van der Waals surface area contributed by atoms with Crippen LogP contribution in [-0.4, -0.2) is 0 Å². The van der Waals surface area contributed by atoms with Gasteiger partial charge in [0.15, 0.2) is 0 Å². The molecule has 5 heteroatoms. The molecule has 0 aliphatic heterocycles. The van der Waals surface area contributed by atoms with Gasteiger partial charge < -0.3 is 0 Å². The molecule has 0 aliphatic rings. The van der Waals surface area contributed by atoms with Crippen molar-refractivity contribution in [2.75, 3.05) is 0 Å². The first-order valence-corrected chi connectivity index (χ1v) is 6.60. The zero-order chi connectivity index (χ0) is 13.3. The molecule has 0 aliphatic carbocycles. The van der Waals surface area contributed by atoms with E-state index in [1.807, 2.05) is 0 Å². The SMILES string of the molecule is Fc1c(Cl)cccc1C(Cl)c1ccc(Cl)cc1Cl. The lowest BCUT2D eigenvalue weighted by Crippen LogP contribution is -1.98. The van der Waals surface area contributed by atoms with Crippen LogP contribution in [0.3, 0.4) is 0 Å². The molecule has 0 fully saturated rings. The van der Waals surface area contributed by atoms with Gasteiger partial charge in [-0.25, -0.2) is 4.39 Å². The highest BCUT2D eigenvalue weighted by Gasteiger charge is 2.19. The van der Waals surface area contributed by atoms with Crippen LogP contribution in [0.25, 0.3) is 0 Å². The number of hydrogen-bond donors (Lipinski definition) is 0. The summed E-state index contributed by atoms with van der Waals surface area (Å²) >= 11 is 23.8. The minimum atomic E-state index is -0.714. The fraction of sp³-hybridized carbons (Fsp3) is 0.0769. The van der Waals surface area contributed by atoms with E-state index in [4.69, 9.17) is 46.4 Å². The van der Waals surface area contributed by atoms with Crippen molar-refractivity contribution in [1.82, 2.24) is 0 Å². The number of alkyl halides is 1. The van der Waals surface area contributed by atoms with Gasteiger partial charge >= 0.3 is 0 Å². The van der Waals surface area contributed by atoms with Gasteiger partial charge in [0.2, 0.25) is 0 Å². The molecule has 0 nitrogen and oxygen atoms in total. The van der Waals surface area contributed by atoms with Crippen molar-refractivity contribution in [1.29, 1.82) is 0 Å². The fourth-order valence-electron chi connectivity index (χ4n) is 1.59. The Morgan fingerprint density at radius 3 is 2.28 bits per heavy atom. The molecule has 1 unspecified atom stereocenters. The van der Waals surface area contributed by atoms with E-state index >= 15 is 0 Å². The summed E-state index contributed by atoms with van der Waals surface area (Å²) in [6, 6.07) is 9.57. The molecule has 0 amide bonds. The summed E-state index contributed by atoms with van der Waals surface area (Å²) < 4.78 is 13.9. The lowest BCUT2D eigenvalue weighted by Gasteiger charge is -2.13. The summed E-state index contributed by atoms with van der Waals surface area (Å²) in [6.07, 6.45) is 0. The topological polar surface area (TPSA) is 0 Å². The highest BCUT2D eigenvalue weighted by atomic mass is 35.5. The first-order valence-electron chi connectivity index (χ1n) is 5.03. The van der Waals surface area contributed by atoms with Crippen LogP contribution in [0, 0.1) is 5.82 Å². The predicted molar refractivity (Wildman–Crippen MR) is 75.6 cm³/mol. The average molecular weight is 324 g/mol. The average Bonchev–Trinajstić information content (AvgIpc) is 2.32. The van der Waals surface area contributed by atoms with Crippen LogP contribution in [-0.2, 0) is 0 Å². The minimum absolute atomic E-state index is 0.0308. The third kappa shape index (κ3) is 2.75. The van der Waals surface area contributed by atoms with E-state index in [0.29, 0.717) is 15.6 Å². The molecular weight excluding hydrogens is 317 g/mol. The molecule has 0 aromatic heterocycles. The maximum absolute atomic E-state index is 13.9. The summed E-state index contributed by atoms with van der Waals surface area (Å²) in [5.74, 6) is -0.537. The van der Waals surface area contributed by atoms with Crippen molar-refractivity contribution >= 4 is 46.4 Å². The van der Waals surface area contributed by atoms with Crippen molar-refractivity contribution in [2.45, 2.75) is 5.38 Å². The number of hydrogen-bond acceptors (Lipinski definition) is 0. The number of halogens is 5. The highest BCUT2D eigenvalue weighted by molar-refractivity contribution is 6.36. The van der Waals surface area contributed by atoms with Gasteiger partial charge in [0.05, 0.1) is 10.4 Å². The second kappa shape index (κ2) is 5.66. The largest absolute Gasteiger partial charge is 0.205 e. The molecule has 94 valence electrons.